The molecular formula is C14H23N3O2. The van der Waals surface area contributed by atoms with Gasteiger partial charge in [-0.3, -0.25) is 9.78 Å². The van der Waals surface area contributed by atoms with Crippen molar-refractivity contribution in [2.45, 2.75) is 25.8 Å². The summed E-state index contributed by atoms with van der Waals surface area (Å²) in [5.74, 6) is -0.815. The highest BCUT2D eigenvalue weighted by Gasteiger charge is 2.33. The first-order chi connectivity index (χ1) is 8.98. The van der Waals surface area contributed by atoms with Crippen LogP contribution in [0, 0.1) is 0 Å². The number of hydrogen-bond donors (Lipinski definition) is 2. The van der Waals surface area contributed by atoms with Crippen molar-refractivity contribution in [1.29, 1.82) is 0 Å². The molecule has 19 heavy (non-hydrogen) atoms. The number of pyridine rings is 1. The number of nitrogens with zero attached hydrogens (tertiary/aromatic N) is 2. The van der Waals surface area contributed by atoms with Gasteiger partial charge in [-0.05, 0) is 44.6 Å². The van der Waals surface area contributed by atoms with Gasteiger partial charge in [0.2, 0.25) is 0 Å². The van der Waals surface area contributed by atoms with Crippen LogP contribution in [0.3, 0.4) is 0 Å². The molecule has 1 unspecified atom stereocenters. The summed E-state index contributed by atoms with van der Waals surface area (Å²) in [4.78, 5) is 17.3. The van der Waals surface area contributed by atoms with Gasteiger partial charge >= 0.3 is 5.97 Å². The molecule has 0 radical (unpaired) electrons. The molecule has 0 aromatic carbocycles. The van der Waals surface area contributed by atoms with E-state index in [9.17, 15) is 9.90 Å². The molecule has 5 nitrogen and oxygen atoms in total. The maximum Gasteiger partial charge on any atom is 0.324 e. The van der Waals surface area contributed by atoms with Gasteiger partial charge in [0, 0.05) is 25.5 Å². The molecule has 0 spiro atoms. The average Bonchev–Trinajstić information content (AvgIpc) is 2.37. The quantitative estimate of drug-likeness (QED) is 0.734. The fourth-order valence-electron chi connectivity index (χ4n) is 2.08. The SMILES string of the molecule is CCNC(C)(CN(C)CCc1ccncc1)C(=O)O. The van der Waals surface area contributed by atoms with Gasteiger partial charge in [-0.2, -0.15) is 0 Å². The Labute approximate surface area is 114 Å². The largest absolute Gasteiger partial charge is 0.480 e. The van der Waals surface area contributed by atoms with E-state index in [4.69, 9.17) is 0 Å². The first-order valence-corrected chi connectivity index (χ1v) is 6.54. The van der Waals surface area contributed by atoms with Crippen molar-refractivity contribution < 1.29 is 9.90 Å². The molecule has 0 saturated heterocycles. The molecule has 1 aromatic rings. The van der Waals surface area contributed by atoms with Crippen LogP contribution >= 0.6 is 0 Å². The molecule has 0 fully saturated rings. The van der Waals surface area contributed by atoms with E-state index >= 15 is 0 Å². The van der Waals surface area contributed by atoms with Crippen LogP contribution in [0.2, 0.25) is 0 Å². The topological polar surface area (TPSA) is 65.5 Å². The number of carbonyl (C=O) groups is 1. The van der Waals surface area contributed by atoms with E-state index in [-0.39, 0.29) is 0 Å². The summed E-state index contributed by atoms with van der Waals surface area (Å²) in [6.45, 7) is 5.57. The fourth-order valence-corrected chi connectivity index (χ4v) is 2.08. The smallest absolute Gasteiger partial charge is 0.324 e. The standard InChI is InChI=1S/C14H23N3O2/c1-4-16-14(2,13(18)19)11-17(3)10-7-12-5-8-15-9-6-12/h5-6,8-9,16H,4,7,10-11H2,1-3H3,(H,18,19). The van der Waals surface area contributed by atoms with Crippen LogP contribution in [-0.2, 0) is 11.2 Å². The third-order valence-corrected chi connectivity index (χ3v) is 3.16. The predicted molar refractivity (Wildman–Crippen MR) is 75.2 cm³/mol. The van der Waals surface area contributed by atoms with Crippen molar-refractivity contribution >= 4 is 5.97 Å². The summed E-state index contributed by atoms with van der Waals surface area (Å²) in [7, 11) is 1.94. The molecule has 0 saturated carbocycles. The average molecular weight is 265 g/mol. The molecule has 0 aliphatic heterocycles. The first-order valence-electron chi connectivity index (χ1n) is 6.54. The van der Waals surface area contributed by atoms with Crippen LogP contribution < -0.4 is 5.32 Å². The Morgan fingerprint density at radius 3 is 2.63 bits per heavy atom. The highest BCUT2D eigenvalue weighted by atomic mass is 16.4. The maximum absolute atomic E-state index is 11.3. The van der Waals surface area contributed by atoms with Gasteiger partial charge in [0.15, 0.2) is 0 Å². The van der Waals surface area contributed by atoms with Crippen molar-refractivity contribution in [2.24, 2.45) is 0 Å². The van der Waals surface area contributed by atoms with Crippen LogP contribution in [0.1, 0.15) is 19.4 Å². The molecule has 5 heteroatoms. The second kappa shape index (κ2) is 7.21. The Balaban J connectivity index is 2.49. The van der Waals surface area contributed by atoms with E-state index < -0.39 is 11.5 Å². The number of nitrogens with one attached hydrogen (secondary N) is 1. The van der Waals surface area contributed by atoms with E-state index in [1.807, 2.05) is 31.0 Å². The Morgan fingerprint density at radius 1 is 1.47 bits per heavy atom. The van der Waals surface area contributed by atoms with Crippen molar-refractivity contribution in [3.05, 3.63) is 30.1 Å². The minimum absolute atomic E-state index is 0.473. The second-order valence-corrected chi connectivity index (χ2v) is 5.01. The molecular weight excluding hydrogens is 242 g/mol. The lowest BCUT2D eigenvalue weighted by molar-refractivity contribution is -0.144. The molecule has 0 bridgehead atoms. The number of carboxylic acid groups (broad SMARTS) is 1. The lowest BCUT2D eigenvalue weighted by Crippen LogP contribution is -2.56. The van der Waals surface area contributed by atoms with E-state index in [2.05, 4.69) is 10.3 Å². The molecule has 1 atom stereocenters. The number of aliphatic carboxylic acids is 1. The minimum atomic E-state index is -0.901. The van der Waals surface area contributed by atoms with Gasteiger partial charge in [0.05, 0.1) is 0 Å². The second-order valence-electron chi connectivity index (χ2n) is 5.01. The molecule has 2 N–H and O–H groups in total. The van der Waals surface area contributed by atoms with Crippen molar-refractivity contribution in [3.8, 4) is 0 Å². The van der Waals surface area contributed by atoms with Gasteiger partial charge in [0.1, 0.15) is 5.54 Å². The molecule has 1 aromatic heterocycles. The Hall–Kier alpha value is -1.46. The summed E-state index contributed by atoms with van der Waals surface area (Å²) >= 11 is 0. The van der Waals surface area contributed by atoms with E-state index in [0.717, 1.165) is 13.0 Å². The minimum Gasteiger partial charge on any atom is -0.480 e. The summed E-state index contributed by atoms with van der Waals surface area (Å²) < 4.78 is 0. The Morgan fingerprint density at radius 2 is 2.11 bits per heavy atom. The monoisotopic (exact) mass is 265 g/mol. The number of rotatable bonds is 8. The number of carboxylic acids is 1. The molecule has 106 valence electrons. The summed E-state index contributed by atoms with van der Waals surface area (Å²) in [6.07, 6.45) is 4.44. The summed E-state index contributed by atoms with van der Waals surface area (Å²) in [6, 6.07) is 3.96. The van der Waals surface area contributed by atoms with Crippen LogP contribution in [0.4, 0.5) is 0 Å². The van der Waals surface area contributed by atoms with E-state index in [1.54, 1.807) is 19.3 Å². The molecule has 1 rings (SSSR count). The summed E-state index contributed by atoms with van der Waals surface area (Å²) in [5, 5.41) is 12.3. The maximum atomic E-state index is 11.3. The van der Waals surface area contributed by atoms with Gasteiger partial charge in [-0.1, -0.05) is 6.92 Å². The van der Waals surface area contributed by atoms with Crippen molar-refractivity contribution in [1.82, 2.24) is 15.2 Å². The van der Waals surface area contributed by atoms with Crippen LogP contribution in [0.15, 0.2) is 24.5 Å². The zero-order valence-corrected chi connectivity index (χ0v) is 11.9. The number of likely N-dealkylation sites (N-methyl/N-ethyl adjacent to an activating group) is 2. The Bertz CT molecular complexity index is 397. The predicted octanol–water partition coefficient (Wildman–Crippen LogP) is 1.01. The van der Waals surface area contributed by atoms with Crippen LogP contribution in [-0.4, -0.2) is 53.2 Å². The first kappa shape index (κ1) is 15.6. The number of hydrogen-bond acceptors (Lipinski definition) is 4. The van der Waals surface area contributed by atoms with E-state index in [1.165, 1.54) is 5.56 Å². The van der Waals surface area contributed by atoms with Gasteiger partial charge in [-0.25, -0.2) is 0 Å². The molecule has 0 amide bonds. The third-order valence-electron chi connectivity index (χ3n) is 3.16. The van der Waals surface area contributed by atoms with Gasteiger partial charge < -0.3 is 15.3 Å². The normalized spacial score (nSPS) is 14.3. The van der Waals surface area contributed by atoms with Crippen LogP contribution in [0.25, 0.3) is 0 Å². The van der Waals surface area contributed by atoms with E-state index in [0.29, 0.717) is 13.1 Å². The van der Waals surface area contributed by atoms with Crippen LogP contribution in [0.5, 0.6) is 0 Å². The number of aromatic nitrogens is 1. The molecule has 1 heterocycles. The molecule has 0 aliphatic rings. The lowest BCUT2D eigenvalue weighted by Gasteiger charge is -2.30. The Kier molecular flexibility index (Phi) is 5.92. The van der Waals surface area contributed by atoms with Gasteiger partial charge in [0.25, 0.3) is 0 Å². The lowest BCUT2D eigenvalue weighted by atomic mass is 10.0. The zero-order valence-electron chi connectivity index (χ0n) is 11.9. The third kappa shape index (κ3) is 4.96. The van der Waals surface area contributed by atoms with Gasteiger partial charge in [-0.15, -0.1) is 0 Å². The van der Waals surface area contributed by atoms with Crippen molar-refractivity contribution in [3.63, 3.8) is 0 Å². The fraction of sp³-hybridized carbons (Fsp3) is 0.571. The van der Waals surface area contributed by atoms with Crippen molar-refractivity contribution in [2.75, 3.05) is 26.7 Å². The molecule has 0 aliphatic carbocycles. The zero-order chi connectivity index (χ0) is 14.3. The highest BCUT2D eigenvalue weighted by Crippen LogP contribution is 2.07. The summed E-state index contributed by atoms with van der Waals surface area (Å²) in [5.41, 5.74) is 0.309. The highest BCUT2D eigenvalue weighted by molar-refractivity contribution is 5.78.